The van der Waals surface area contributed by atoms with E-state index in [-0.39, 0.29) is 6.04 Å². The van der Waals surface area contributed by atoms with Crippen LogP contribution in [0.15, 0.2) is 16.3 Å². The Bertz CT molecular complexity index is 525. The van der Waals surface area contributed by atoms with Crippen molar-refractivity contribution in [2.75, 3.05) is 6.54 Å². The topological polar surface area (TPSA) is 37.4 Å². The molecule has 1 saturated heterocycles. The van der Waals surface area contributed by atoms with Crippen molar-refractivity contribution in [2.24, 2.45) is 5.92 Å². The minimum atomic E-state index is -3.27. The molecule has 6 heteroatoms. The lowest BCUT2D eigenvalue weighted by Crippen LogP contribution is -2.37. The summed E-state index contributed by atoms with van der Waals surface area (Å²) in [6.07, 6.45) is 3.26. The van der Waals surface area contributed by atoms with E-state index in [4.69, 9.17) is 11.6 Å². The van der Waals surface area contributed by atoms with Crippen LogP contribution in [0.4, 0.5) is 0 Å². The standard InChI is InChI=1S/C11H14ClNO2S2/c12-5-10-4-11(7-16-10)17(14,15)13-6-8-1-2-9(13)3-8/h4,7-9H,1-3,5-6H2. The van der Waals surface area contributed by atoms with Gasteiger partial charge in [-0.3, -0.25) is 0 Å². The number of fused-ring (bicyclic) bond motifs is 2. The highest BCUT2D eigenvalue weighted by Crippen LogP contribution is 2.40. The van der Waals surface area contributed by atoms with Gasteiger partial charge in [-0.2, -0.15) is 4.31 Å². The summed E-state index contributed by atoms with van der Waals surface area (Å²) in [7, 11) is -3.27. The maximum Gasteiger partial charge on any atom is 0.244 e. The van der Waals surface area contributed by atoms with Crippen molar-refractivity contribution in [3.05, 3.63) is 16.3 Å². The van der Waals surface area contributed by atoms with Gasteiger partial charge in [-0.05, 0) is 31.2 Å². The molecule has 3 rings (SSSR count). The maximum atomic E-state index is 12.4. The Kier molecular flexibility index (Phi) is 2.97. The molecule has 1 aromatic heterocycles. The van der Waals surface area contributed by atoms with Gasteiger partial charge in [-0.1, -0.05) is 0 Å². The van der Waals surface area contributed by atoms with Gasteiger partial charge in [0, 0.05) is 22.8 Å². The highest BCUT2D eigenvalue weighted by Gasteiger charge is 2.44. The predicted molar refractivity (Wildman–Crippen MR) is 68.9 cm³/mol. The van der Waals surface area contributed by atoms with Gasteiger partial charge in [-0.15, -0.1) is 22.9 Å². The second-order valence-corrected chi connectivity index (χ2v) is 7.94. The van der Waals surface area contributed by atoms with Crippen LogP contribution in [-0.4, -0.2) is 25.3 Å². The number of nitrogens with zero attached hydrogens (tertiary/aromatic N) is 1. The predicted octanol–water partition coefficient (Wildman–Crippen LogP) is 2.66. The highest BCUT2D eigenvalue weighted by molar-refractivity contribution is 7.89. The Balaban J connectivity index is 1.90. The molecule has 3 nitrogen and oxygen atoms in total. The van der Waals surface area contributed by atoms with Crippen molar-refractivity contribution in [1.82, 2.24) is 4.31 Å². The molecule has 2 atom stereocenters. The monoisotopic (exact) mass is 291 g/mol. The first kappa shape index (κ1) is 12.0. The molecular formula is C11H14ClNO2S2. The Hall–Kier alpha value is -0.100. The number of hydrogen-bond donors (Lipinski definition) is 0. The van der Waals surface area contributed by atoms with E-state index < -0.39 is 10.0 Å². The van der Waals surface area contributed by atoms with E-state index >= 15 is 0 Å². The summed E-state index contributed by atoms with van der Waals surface area (Å²) < 4.78 is 26.6. The second-order valence-electron chi connectivity index (χ2n) is 4.79. The molecule has 0 spiro atoms. The summed E-state index contributed by atoms with van der Waals surface area (Å²) in [6, 6.07) is 1.95. The lowest BCUT2D eigenvalue weighted by Gasteiger charge is -2.25. The second kappa shape index (κ2) is 4.23. The molecule has 0 aromatic carbocycles. The Labute approximate surface area is 110 Å². The van der Waals surface area contributed by atoms with Crippen LogP contribution < -0.4 is 0 Å². The first-order valence-corrected chi connectivity index (χ1v) is 8.62. The molecule has 2 heterocycles. The summed E-state index contributed by atoms with van der Waals surface area (Å²) in [5, 5.41) is 1.71. The van der Waals surface area contributed by atoms with Crippen molar-refractivity contribution in [1.29, 1.82) is 0 Å². The van der Waals surface area contributed by atoms with Gasteiger partial charge in [0.1, 0.15) is 0 Å². The molecule has 0 radical (unpaired) electrons. The Morgan fingerprint density at radius 3 is 2.82 bits per heavy atom. The quantitative estimate of drug-likeness (QED) is 0.803. The summed E-state index contributed by atoms with van der Waals surface area (Å²) in [6.45, 7) is 0.707. The largest absolute Gasteiger partial charge is 0.244 e. The Morgan fingerprint density at radius 2 is 2.29 bits per heavy atom. The van der Waals surface area contributed by atoms with E-state index in [1.165, 1.54) is 17.8 Å². The molecule has 1 aromatic rings. The zero-order valence-corrected chi connectivity index (χ0v) is 11.7. The molecule has 2 aliphatic rings. The molecule has 94 valence electrons. The van der Waals surface area contributed by atoms with Crippen molar-refractivity contribution >= 4 is 33.0 Å². The number of halogens is 1. The van der Waals surface area contributed by atoms with Crippen LogP contribution in [0.3, 0.4) is 0 Å². The van der Waals surface area contributed by atoms with Gasteiger partial charge in [0.2, 0.25) is 10.0 Å². The minimum absolute atomic E-state index is 0.240. The third kappa shape index (κ3) is 1.93. The number of thiophene rings is 1. The van der Waals surface area contributed by atoms with E-state index in [0.717, 1.165) is 17.7 Å². The van der Waals surface area contributed by atoms with Crippen LogP contribution in [0.5, 0.6) is 0 Å². The van der Waals surface area contributed by atoms with E-state index in [2.05, 4.69) is 0 Å². The lowest BCUT2D eigenvalue weighted by atomic mass is 10.1. The fourth-order valence-electron chi connectivity index (χ4n) is 2.88. The van der Waals surface area contributed by atoms with Crippen molar-refractivity contribution < 1.29 is 8.42 Å². The molecule has 0 amide bonds. The summed E-state index contributed by atoms with van der Waals surface area (Å²) >= 11 is 7.13. The molecule has 2 bridgehead atoms. The average Bonchev–Trinajstić information content (AvgIpc) is 3.04. The van der Waals surface area contributed by atoms with Gasteiger partial charge in [0.15, 0.2) is 0 Å². The average molecular weight is 292 g/mol. The van der Waals surface area contributed by atoms with Gasteiger partial charge < -0.3 is 0 Å². The SMILES string of the molecule is O=S(=O)(c1csc(CCl)c1)N1CC2CCC1C2. The molecule has 0 N–H and O–H groups in total. The van der Waals surface area contributed by atoms with Gasteiger partial charge >= 0.3 is 0 Å². The number of piperidine rings is 1. The maximum absolute atomic E-state index is 12.4. The first-order valence-electron chi connectivity index (χ1n) is 5.76. The van der Waals surface area contributed by atoms with Crippen LogP contribution in [0.2, 0.25) is 0 Å². The fourth-order valence-corrected chi connectivity index (χ4v) is 5.99. The molecule has 2 fully saturated rings. The molecular weight excluding hydrogens is 278 g/mol. The first-order chi connectivity index (χ1) is 8.11. The van der Waals surface area contributed by atoms with E-state index in [1.807, 2.05) is 0 Å². The van der Waals surface area contributed by atoms with Crippen molar-refractivity contribution in [3.8, 4) is 0 Å². The van der Waals surface area contributed by atoms with Crippen LogP contribution >= 0.6 is 22.9 Å². The van der Waals surface area contributed by atoms with Gasteiger partial charge in [0.05, 0.1) is 10.8 Å². The third-order valence-corrected chi connectivity index (χ3v) is 7.16. The molecule has 1 aliphatic carbocycles. The Morgan fingerprint density at radius 1 is 1.47 bits per heavy atom. The zero-order valence-electron chi connectivity index (χ0n) is 9.30. The van der Waals surface area contributed by atoms with Crippen LogP contribution in [0.1, 0.15) is 24.1 Å². The van der Waals surface area contributed by atoms with Gasteiger partial charge in [0.25, 0.3) is 0 Å². The molecule has 2 unspecified atom stereocenters. The van der Waals surface area contributed by atoms with Gasteiger partial charge in [-0.25, -0.2) is 8.42 Å². The normalized spacial score (nSPS) is 29.0. The molecule has 1 aliphatic heterocycles. The van der Waals surface area contributed by atoms with E-state index in [0.29, 0.717) is 23.2 Å². The summed E-state index contributed by atoms with van der Waals surface area (Å²) in [4.78, 5) is 1.33. The summed E-state index contributed by atoms with van der Waals surface area (Å²) in [5.41, 5.74) is 0. The number of sulfonamides is 1. The zero-order chi connectivity index (χ0) is 12.0. The molecule has 1 saturated carbocycles. The number of hydrogen-bond acceptors (Lipinski definition) is 3. The van der Waals surface area contributed by atoms with Crippen LogP contribution in [0, 0.1) is 5.92 Å². The smallest absolute Gasteiger partial charge is 0.207 e. The highest BCUT2D eigenvalue weighted by atomic mass is 35.5. The lowest BCUT2D eigenvalue weighted by molar-refractivity contribution is 0.333. The van der Waals surface area contributed by atoms with Crippen molar-refractivity contribution in [2.45, 2.75) is 36.1 Å². The minimum Gasteiger partial charge on any atom is -0.207 e. The van der Waals surface area contributed by atoms with Crippen molar-refractivity contribution in [3.63, 3.8) is 0 Å². The van der Waals surface area contributed by atoms with Crippen LogP contribution in [-0.2, 0) is 15.9 Å². The summed E-state index contributed by atoms with van der Waals surface area (Å²) in [5.74, 6) is 0.965. The van der Waals surface area contributed by atoms with Crippen LogP contribution in [0.25, 0.3) is 0 Å². The third-order valence-electron chi connectivity index (χ3n) is 3.73. The van der Waals surface area contributed by atoms with E-state index in [9.17, 15) is 8.42 Å². The number of alkyl halides is 1. The number of rotatable bonds is 3. The fraction of sp³-hybridized carbons (Fsp3) is 0.636. The molecule has 17 heavy (non-hydrogen) atoms. The van der Waals surface area contributed by atoms with E-state index in [1.54, 1.807) is 15.8 Å².